The number of aliphatic hydroxyl groups excluding tert-OH is 1. The number of nitrogens with one attached hydrogen (secondary N) is 1. The monoisotopic (exact) mass is 273 g/mol. The van der Waals surface area contributed by atoms with Gasteiger partial charge in [0.05, 0.1) is 6.54 Å². The predicted octanol–water partition coefficient (Wildman–Crippen LogP) is 1.56. The Kier molecular flexibility index (Phi) is 7.07. The molecule has 0 fully saturated rings. The molecule has 0 bridgehead atoms. The lowest BCUT2D eigenvalue weighted by atomic mass is 10.2. The van der Waals surface area contributed by atoms with Crippen molar-refractivity contribution < 1.29 is 5.11 Å². The van der Waals surface area contributed by atoms with Crippen LogP contribution < -0.4 is 0 Å². The van der Waals surface area contributed by atoms with Gasteiger partial charge < -0.3 is 5.11 Å². The van der Waals surface area contributed by atoms with E-state index in [2.05, 4.69) is 34.3 Å². The van der Waals surface area contributed by atoms with Gasteiger partial charge in [0.25, 0.3) is 0 Å². The summed E-state index contributed by atoms with van der Waals surface area (Å²) in [6, 6.07) is 0. The number of aromatic nitrogens is 4. The second-order valence-corrected chi connectivity index (χ2v) is 4.78. The van der Waals surface area contributed by atoms with Crippen LogP contribution in [0.25, 0.3) is 0 Å². The molecule has 1 aromatic rings. The molecule has 0 aromatic carbocycles. The SMILES string of the molecule is CCCCN(CCCC)C(O)Cn1[nH]nnc1=S. The summed E-state index contributed by atoms with van der Waals surface area (Å²) in [6.07, 6.45) is 3.89. The van der Waals surface area contributed by atoms with Gasteiger partial charge in [-0.3, -0.25) is 4.90 Å². The minimum Gasteiger partial charge on any atom is -0.376 e. The van der Waals surface area contributed by atoms with Crippen molar-refractivity contribution in [3.8, 4) is 0 Å². The van der Waals surface area contributed by atoms with Gasteiger partial charge in [0.15, 0.2) is 0 Å². The average molecular weight is 273 g/mol. The maximum absolute atomic E-state index is 10.2. The molecule has 0 aliphatic heterocycles. The Morgan fingerprint density at radius 1 is 1.33 bits per heavy atom. The van der Waals surface area contributed by atoms with Crippen molar-refractivity contribution in [3.63, 3.8) is 0 Å². The van der Waals surface area contributed by atoms with Crippen LogP contribution in [0.2, 0.25) is 0 Å². The fraction of sp³-hybridized carbons (Fsp3) is 0.909. The molecule has 0 saturated heterocycles. The van der Waals surface area contributed by atoms with Crippen molar-refractivity contribution in [1.82, 2.24) is 25.1 Å². The fourth-order valence-corrected chi connectivity index (χ4v) is 1.90. The summed E-state index contributed by atoms with van der Waals surface area (Å²) in [4.78, 5) is 2.09. The van der Waals surface area contributed by atoms with Crippen molar-refractivity contribution >= 4 is 12.2 Å². The molecule has 7 heteroatoms. The zero-order chi connectivity index (χ0) is 13.4. The highest BCUT2D eigenvalue weighted by atomic mass is 32.1. The van der Waals surface area contributed by atoms with Crippen LogP contribution in [-0.2, 0) is 6.54 Å². The summed E-state index contributed by atoms with van der Waals surface area (Å²) >= 11 is 4.99. The first-order chi connectivity index (χ1) is 8.69. The summed E-state index contributed by atoms with van der Waals surface area (Å²) in [5, 5.41) is 20.2. The van der Waals surface area contributed by atoms with Gasteiger partial charge >= 0.3 is 0 Å². The number of H-pyrrole nitrogens is 1. The molecule has 0 spiro atoms. The van der Waals surface area contributed by atoms with Crippen molar-refractivity contribution in [2.75, 3.05) is 13.1 Å². The number of unbranched alkanes of at least 4 members (excludes halogenated alkanes) is 2. The van der Waals surface area contributed by atoms with Crippen LogP contribution in [0.1, 0.15) is 39.5 Å². The minimum absolute atomic E-state index is 0.375. The molecule has 0 radical (unpaired) electrons. The number of nitrogens with zero attached hydrogens (tertiary/aromatic N) is 4. The van der Waals surface area contributed by atoms with Crippen LogP contribution in [0, 0.1) is 4.77 Å². The van der Waals surface area contributed by atoms with E-state index in [1.165, 1.54) is 0 Å². The summed E-state index contributed by atoms with van der Waals surface area (Å²) in [5.74, 6) is 0. The van der Waals surface area contributed by atoms with Crippen molar-refractivity contribution in [2.45, 2.75) is 52.3 Å². The Bertz CT molecular complexity index is 370. The molecule has 0 aliphatic rings. The first-order valence-corrected chi connectivity index (χ1v) is 6.99. The molecule has 1 unspecified atom stereocenters. The molecule has 1 rings (SSSR count). The molecule has 18 heavy (non-hydrogen) atoms. The third-order valence-electron chi connectivity index (χ3n) is 2.90. The lowest BCUT2D eigenvalue weighted by Gasteiger charge is -2.27. The third kappa shape index (κ3) is 4.83. The van der Waals surface area contributed by atoms with Crippen LogP contribution in [0.15, 0.2) is 0 Å². The maximum Gasteiger partial charge on any atom is 0.238 e. The molecule has 1 heterocycles. The molecule has 2 N–H and O–H groups in total. The largest absolute Gasteiger partial charge is 0.376 e. The normalized spacial score (nSPS) is 13.1. The van der Waals surface area contributed by atoms with Gasteiger partial charge in [-0.1, -0.05) is 37.0 Å². The van der Waals surface area contributed by atoms with E-state index in [0.29, 0.717) is 11.3 Å². The highest BCUT2D eigenvalue weighted by molar-refractivity contribution is 7.71. The quantitative estimate of drug-likeness (QED) is 0.528. The third-order valence-corrected chi connectivity index (χ3v) is 3.20. The van der Waals surface area contributed by atoms with Gasteiger partial charge in [-0.15, -0.1) is 0 Å². The van der Waals surface area contributed by atoms with Crippen molar-refractivity contribution in [2.24, 2.45) is 0 Å². The van der Waals surface area contributed by atoms with Gasteiger partial charge in [0, 0.05) is 13.1 Å². The fourth-order valence-electron chi connectivity index (χ4n) is 1.75. The number of hydrogen-bond donors (Lipinski definition) is 2. The lowest BCUT2D eigenvalue weighted by Crippen LogP contribution is -2.39. The molecule has 1 atom stereocenters. The Balaban J connectivity index is 2.54. The van der Waals surface area contributed by atoms with Gasteiger partial charge in [-0.05, 0) is 25.1 Å². The van der Waals surface area contributed by atoms with E-state index in [0.717, 1.165) is 38.8 Å². The standard InChI is InChI=1S/C11H23N5OS/c1-3-5-7-15(8-6-4-2)10(17)9-16-11(18)12-13-14-16/h10,17H,3-9H2,1-2H3,(H,12,14,18). The van der Waals surface area contributed by atoms with Crippen LogP contribution in [0.3, 0.4) is 0 Å². The Morgan fingerprint density at radius 2 is 1.94 bits per heavy atom. The molecule has 0 saturated carbocycles. The van der Waals surface area contributed by atoms with E-state index in [1.54, 1.807) is 4.68 Å². The zero-order valence-electron chi connectivity index (χ0n) is 11.2. The molecule has 104 valence electrons. The molecule has 1 aromatic heterocycles. The van der Waals surface area contributed by atoms with E-state index >= 15 is 0 Å². The van der Waals surface area contributed by atoms with Crippen LogP contribution in [-0.4, -0.2) is 49.5 Å². The highest BCUT2D eigenvalue weighted by Gasteiger charge is 2.15. The molecule has 0 amide bonds. The average Bonchev–Trinajstić information content (AvgIpc) is 2.75. The number of aromatic amines is 1. The lowest BCUT2D eigenvalue weighted by molar-refractivity contribution is -0.0131. The summed E-state index contributed by atoms with van der Waals surface area (Å²) in [5.41, 5.74) is 0. The summed E-state index contributed by atoms with van der Waals surface area (Å²) < 4.78 is 1.96. The molecule has 6 nitrogen and oxygen atoms in total. The van der Waals surface area contributed by atoms with E-state index in [9.17, 15) is 5.11 Å². The van der Waals surface area contributed by atoms with Gasteiger partial charge in [-0.25, -0.2) is 4.68 Å². The van der Waals surface area contributed by atoms with E-state index < -0.39 is 6.23 Å². The van der Waals surface area contributed by atoms with Gasteiger partial charge in [-0.2, -0.15) is 5.21 Å². The molecular formula is C11H23N5OS. The van der Waals surface area contributed by atoms with E-state index in [4.69, 9.17) is 12.2 Å². The molecular weight excluding hydrogens is 250 g/mol. The first-order valence-electron chi connectivity index (χ1n) is 6.59. The number of tetrazole rings is 1. The first kappa shape index (κ1) is 15.3. The summed E-state index contributed by atoms with van der Waals surface area (Å²) in [7, 11) is 0. The van der Waals surface area contributed by atoms with Gasteiger partial charge in [0.2, 0.25) is 4.77 Å². The second kappa shape index (κ2) is 8.34. The Labute approximate surface area is 113 Å². The van der Waals surface area contributed by atoms with E-state index in [-0.39, 0.29) is 0 Å². The van der Waals surface area contributed by atoms with Gasteiger partial charge in [0.1, 0.15) is 6.23 Å². The topological polar surface area (TPSA) is 70.0 Å². The Hall–Kier alpha value is -0.790. The number of rotatable bonds is 9. The van der Waals surface area contributed by atoms with Crippen LogP contribution in [0.4, 0.5) is 0 Å². The minimum atomic E-state index is -0.544. The highest BCUT2D eigenvalue weighted by Crippen LogP contribution is 2.05. The van der Waals surface area contributed by atoms with Crippen molar-refractivity contribution in [1.29, 1.82) is 0 Å². The zero-order valence-corrected chi connectivity index (χ0v) is 12.0. The number of aliphatic hydroxyl groups is 1. The molecule has 0 aliphatic carbocycles. The van der Waals surface area contributed by atoms with E-state index in [1.807, 2.05) is 0 Å². The second-order valence-electron chi connectivity index (χ2n) is 4.42. The smallest absolute Gasteiger partial charge is 0.238 e. The maximum atomic E-state index is 10.2. The Morgan fingerprint density at radius 3 is 2.39 bits per heavy atom. The predicted molar refractivity (Wildman–Crippen MR) is 72.6 cm³/mol. The van der Waals surface area contributed by atoms with Crippen LogP contribution in [0.5, 0.6) is 0 Å². The van der Waals surface area contributed by atoms with Crippen molar-refractivity contribution in [3.05, 3.63) is 4.77 Å². The number of hydrogen-bond acceptors (Lipinski definition) is 5. The van der Waals surface area contributed by atoms with Crippen LogP contribution >= 0.6 is 12.2 Å². The summed E-state index contributed by atoms with van der Waals surface area (Å²) in [6.45, 7) is 6.51.